The molecule has 1 fully saturated rings. The molecule has 6 nitrogen and oxygen atoms in total. The van der Waals surface area contributed by atoms with E-state index in [0.29, 0.717) is 32.0 Å². The lowest BCUT2D eigenvalue weighted by molar-refractivity contribution is -0.137. The van der Waals surface area contributed by atoms with Crippen LogP contribution in [0.4, 0.5) is 23.7 Å². The van der Waals surface area contributed by atoms with Gasteiger partial charge in [-0.1, -0.05) is 6.92 Å². The minimum atomic E-state index is -4.60. The molecule has 1 aliphatic heterocycles. The predicted molar refractivity (Wildman–Crippen MR) is 81.9 cm³/mol. The van der Waals surface area contributed by atoms with Gasteiger partial charge in [0.2, 0.25) is 0 Å². The van der Waals surface area contributed by atoms with Crippen molar-refractivity contribution in [2.24, 2.45) is 0 Å². The summed E-state index contributed by atoms with van der Waals surface area (Å²) in [6.07, 6.45) is -1.69. The molecule has 1 aromatic heterocycles. The first-order valence-electron chi connectivity index (χ1n) is 7.78. The van der Waals surface area contributed by atoms with Crippen LogP contribution in [0.2, 0.25) is 0 Å². The summed E-state index contributed by atoms with van der Waals surface area (Å²) in [6, 6.07) is 0.0239. The maximum atomic E-state index is 12.7. The molecule has 2 rings (SSSR count). The molecule has 1 saturated heterocycles. The molecule has 0 bridgehead atoms. The number of rotatable bonds is 4. The van der Waals surface area contributed by atoms with Gasteiger partial charge in [0.05, 0.1) is 11.7 Å². The lowest BCUT2D eigenvalue weighted by Crippen LogP contribution is -2.45. The van der Waals surface area contributed by atoms with Crippen molar-refractivity contribution >= 4 is 11.7 Å². The number of amides is 2. The van der Waals surface area contributed by atoms with Crippen LogP contribution < -0.4 is 10.9 Å². The van der Waals surface area contributed by atoms with E-state index in [4.69, 9.17) is 4.74 Å². The zero-order valence-corrected chi connectivity index (χ0v) is 13.3. The SMILES string of the molecule is CCCOC1CCCN(C(=O)Nc2cc(C(F)(F)F)c[nH]c2=O)C1. The largest absolute Gasteiger partial charge is 0.417 e. The Labute approximate surface area is 137 Å². The molecular weight excluding hydrogens is 327 g/mol. The quantitative estimate of drug-likeness (QED) is 0.879. The fraction of sp³-hybridized carbons (Fsp3) is 0.600. The Morgan fingerprint density at radius 3 is 2.92 bits per heavy atom. The van der Waals surface area contributed by atoms with Gasteiger partial charge in [-0.25, -0.2) is 4.79 Å². The second-order valence-electron chi connectivity index (χ2n) is 5.64. The first-order chi connectivity index (χ1) is 11.3. The highest BCUT2D eigenvalue weighted by atomic mass is 19.4. The molecule has 0 spiro atoms. The lowest BCUT2D eigenvalue weighted by atomic mass is 10.1. The number of aromatic nitrogens is 1. The summed E-state index contributed by atoms with van der Waals surface area (Å²) in [5, 5.41) is 2.26. The number of carbonyl (C=O) groups is 1. The zero-order valence-electron chi connectivity index (χ0n) is 13.3. The molecule has 1 unspecified atom stereocenters. The fourth-order valence-electron chi connectivity index (χ4n) is 2.48. The molecule has 1 atom stereocenters. The number of likely N-dealkylation sites (tertiary alicyclic amines) is 1. The number of aromatic amines is 1. The molecule has 0 radical (unpaired) electrons. The van der Waals surface area contributed by atoms with E-state index in [1.165, 1.54) is 4.90 Å². The maximum Gasteiger partial charge on any atom is 0.417 e. The van der Waals surface area contributed by atoms with Crippen molar-refractivity contribution in [3.05, 3.63) is 28.2 Å². The number of hydrogen-bond acceptors (Lipinski definition) is 3. The third kappa shape index (κ3) is 4.73. The second-order valence-corrected chi connectivity index (χ2v) is 5.64. The van der Waals surface area contributed by atoms with Crippen LogP contribution in [0, 0.1) is 0 Å². The van der Waals surface area contributed by atoms with Crippen LogP contribution in [-0.4, -0.2) is 41.7 Å². The number of pyridine rings is 1. The number of nitrogens with zero attached hydrogens (tertiary/aromatic N) is 1. The number of halogens is 3. The first kappa shape index (κ1) is 18.3. The summed E-state index contributed by atoms with van der Waals surface area (Å²) in [6.45, 7) is 3.39. The molecule has 2 amide bonds. The Hall–Kier alpha value is -2.03. The number of ether oxygens (including phenoxy) is 1. The number of H-pyrrole nitrogens is 1. The Morgan fingerprint density at radius 2 is 2.25 bits per heavy atom. The number of anilines is 1. The van der Waals surface area contributed by atoms with E-state index in [9.17, 15) is 22.8 Å². The third-order valence-corrected chi connectivity index (χ3v) is 3.70. The molecule has 1 aliphatic rings. The monoisotopic (exact) mass is 347 g/mol. The third-order valence-electron chi connectivity index (χ3n) is 3.70. The number of carbonyl (C=O) groups excluding carboxylic acids is 1. The molecule has 0 aliphatic carbocycles. The molecule has 1 aromatic rings. The Bertz CT molecular complexity index is 630. The van der Waals surface area contributed by atoms with Crippen molar-refractivity contribution in [3.63, 3.8) is 0 Å². The van der Waals surface area contributed by atoms with E-state index >= 15 is 0 Å². The van der Waals surface area contributed by atoms with Gasteiger partial charge in [-0.2, -0.15) is 13.2 Å². The predicted octanol–water partition coefficient (Wildman–Crippen LogP) is 2.82. The van der Waals surface area contributed by atoms with Gasteiger partial charge >= 0.3 is 12.2 Å². The molecule has 2 N–H and O–H groups in total. The van der Waals surface area contributed by atoms with Gasteiger partial charge in [-0.3, -0.25) is 4.79 Å². The molecule has 24 heavy (non-hydrogen) atoms. The molecular formula is C15H20F3N3O3. The Kier molecular flexibility index (Phi) is 5.87. The van der Waals surface area contributed by atoms with Crippen molar-refractivity contribution in [2.45, 2.75) is 38.5 Å². The van der Waals surface area contributed by atoms with Gasteiger partial charge in [-0.15, -0.1) is 0 Å². The van der Waals surface area contributed by atoms with Gasteiger partial charge in [0, 0.05) is 25.9 Å². The number of hydrogen-bond donors (Lipinski definition) is 2. The first-order valence-corrected chi connectivity index (χ1v) is 7.78. The lowest BCUT2D eigenvalue weighted by Gasteiger charge is -2.32. The van der Waals surface area contributed by atoms with E-state index in [0.717, 1.165) is 19.3 Å². The summed E-state index contributed by atoms with van der Waals surface area (Å²) >= 11 is 0. The van der Waals surface area contributed by atoms with Crippen molar-refractivity contribution in [3.8, 4) is 0 Å². The van der Waals surface area contributed by atoms with Crippen molar-refractivity contribution in [2.75, 3.05) is 25.0 Å². The molecule has 2 heterocycles. The average molecular weight is 347 g/mol. The standard InChI is InChI=1S/C15H20F3N3O3/c1-2-6-24-11-4-3-5-21(9-11)14(23)20-12-7-10(15(16,17)18)8-19-13(12)22/h7-8,11H,2-6,9H2,1H3,(H,19,22)(H,20,23). The van der Waals surface area contributed by atoms with Crippen LogP contribution >= 0.6 is 0 Å². The van der Waals surface area contributed by atoms with Crippen LogP contribution in [0.25, 0.3) is 0 Å². The number of piperidine rings is 1. The summed E-state index contributed by atoms with van der Waals surface area (Å²) in [5.74, 6) is 0. The topological polar surface area (TPSA) is 74.4 Å². The van der Waals surface area contributed by atoms with Gasteiger partial charge in [0.25, 0.3) is 5.56 Å². The molecule has 134 valence electrons. The van der Waals surface area contributed by atoms with E-state index in [1.54, 1.807) is 0 Å². The molecule has 9 heteroatoms. The Morgan fingerprint density at radius 1 is 1.50 bits per heavy atom. The van der Waals surface area contributed by atoms with E-state index in [-0.39, 0.29) is 6.10 Å². The highest BCUT2D eigenvalue weighted by Crippen LogP contribution is 2.29. The van der Waals surface area contributed by atoms with Crippen LogP contribution in [0.1, 0.15) is 31.7 Å². The molecule has 0 aromatic carbocycles. The fourth-order valence-corrected chi connectivity index (χ4v) is 2.48. The van der Waals surface area contributed by atoms with Crippen LogP contribution in [0.5, 0.6) is 0 Å². The van der Waals surface area contributed by atoms with Crippen molar-refractivity contribution < 1.29 is 22.7 Å². The second kappa shape index (κ2) is 7.69. The smallest absolute Gasteiger partial charge is 0.376 e. The van der Waals surface area contributed by atoms with Crippen LogP contribution in [0.3, 0.4) is 0 Å². The average Bonchev–Trinajstić information content (AvgIpc) is 2.54. The Balaban J connectivity index is 2.05. The normalized spacial score (nSPS) is 18.5. The van der Waals surface area contributed by atoms with E-state index in [2.05, 4.69) is 5.32 Å². The van der Waals surface area contributed by atoms with Gasteiger partial charge in [-0.05, 0) is 25.3 Å². The van der Waals surface area contributed by atoms with Gasteiger partial charge in [0.1, 0.15) is 5.69 Å². The summed E-state index contributed by atoms with van der Waals surface area (Å²) in [5.41, 5.74) is -2.24. The number of nitrogens with one attached hydrogen (secondary N) is 2. The highest BCUT2D eigenvalue weighted by molar-refractivity contribution is 5.89. The minimum absolute atomic E-state index is 0.0933. The summed E-state index contributed by atoms with van der Waals surface area (Å²) in [4.78, 5) is 27.3. The van der Waals surface area contributed by atoms with Gasteiger partial charge in [0.15, 0.2) is 0 Å². The summed E-state index contributed by atoms with van der Waals surface area (Å²) in [7, 11) is 0. The highest BCUT2D eigenvalue weighted by Gasteiger charge is 2.32. The van der Waals surface area contributed by atoms with E-state index in [1.807, 2.05) is 11.9 Å². The minimum Gasteiger partial charge on any atom is -0.376 e. The number of alkyl halides is 3. The van der Waals surface area contributed by atoms with E-state index < -0.39 is 29.0 Å². The van der Waals surface area contributed by atoms with Crippen molar-refractivity contribution in [1.29, 1.82) is 0 Å². The van der Waals surface area contributed by atoms with Crippen LogP contribution in [-0.2, 0) is 10.9 Å². The van der Waals surface area contributed by atoms with Crippen molar-refractivity contribution in [1.82, 2.24) is 9.88 Å². The van der Waals surface area contributed by atoms with Crippen LogP contribution in [0.15, 0.2) is 17.1 Å². The zero-order chi connectivity index (χ0) is 17.7. The summed E-state index contributed by atoms with van der Waals surface area (Å²) < 4.78 is 43.7. The maximum absolute atomic E-state index is 12.7. The molecule has 0 saturated carbocycles. The number of urea groups is 1. The van der Waals surface area contributed by atoms with Gasteiger partial charge < -0.3 is 19.9 Å².